The van der Waals surface area contributed by atoms with Gasteiger partial charge < -0.3 is 0 Å². The van der Waals surface area contributed by atoms with Crippen LogP contribution in [0.15, 0.2) is 24.3 Å². The van der Waals surface area contributed by atoms with Crippen LogP contribution in [0.4, 0.5) is 4.39 Å². The van der Waals surface area contributed by atoms with Gasteiger partial charge in [-0.25, -0.2) is 4.39 Å². The molecule has 1 atom stereocenters. The van der Waals surface area contributed by atoms with Crippen LogP contribution >= 0.6 is 23.2 Å². The summed E-state index contributed by atoms with van der Waals surface area (Å²) >= 11 is 10.9. The van der Waals surface area contributed by atoms with E-state index in [1.54, 1.807) is 18.2 Å². The van der Waals surface area contributed by atoms with Crippen LogP contribution in [0.1, 0.15) is 17.9 Å². The topological polar surface area (TPSA) is 17.1 Å². The highest BCUT2D eigenvalue weighted by Crippen LogP contribution is 2.25. The molecule has 0 aliphatic rings. The van der Waals surface area contributed by atoms with E-state index in [4.69, 9.17) is 23.2 Å². The fourth-order valence-electron chi connectivity index (χ4n) is 1.26. The van der Waals surface area contributed by atoms with Crippen molar-refractivity contribution in [2.24, 2.45) is 0 Å². The van der Waals surface area contributed by atoms with Crippen molar-refractivity contribution < 1.29 is 9.18 Å². The molecule has 0 aliphatic carbocycles. The van der Waals surface area contributed by atoms with Gasteiger partial charge >= 0.3 is 0 Å². The molecule has 0 spiro atoms. The van der Waals surface area contributed by atoms with Gasteiger partial charge in [-0.3, -0.25) is 4.79 Å². The van der Waals surface area contributed by atoms with Crippen LogP contribution in [0, 0.1) is 5.82 Å². The molecule has 0 bridgehead atoms. The van der Waals surface area contributed by atoms with Gasteiger partial charge in [-0.15, -0.1) is 11.6 Å². The average molecular weight is 235 g/mol. The number of benzene rings is 1. The summed E-state index contributed by atoms with van der Waals surface area (Å²) in [5.74, 6) is -0.788. The van der Waals surface area contributed by atoms with Crippen molar-refractivity contribution in [2.75, 3.05) is 5.88 Å². The lowest BCUT2D eigenvalue weighted by atomic mass is 9.97. The van der Waals surface area contributed by atoms with E-state index in [0.29, 0.717) is 12.0 Å². The van der Waals surface area contributed by atoms with Gasteiger partial charge in [0, 0.05) is 5.88 Å². The molecular weight excluding hydrogens is 226 g/mol. The number of carbonyl (C=O) groups is 1. The van der Waals surface area contributed by atoms with E-state index >= 15 is 0 Å². The van der Waals surface area contributed by atoms with Crippen molar-refractivity contribution in [2.45, 2.75) is 12.3 Å². The first-order chi connectivity index (χ1) is 6.66. The molecule has 1 aromatic carbocycles. The molecule has 1 aromatic rings. The zero-order chi connectivity index (χ0) is 10.6. The molecule has 0 aliphatic heterocycles. The molecule has 0 fully saturated rings. The van der Waals surface area contributed by atoms with E-state index in [2.05, 4.69) is 0 Å². The predicted octanol–water partition coefficient (Wildman–Crippen LogP) is 3.30. The molecule has 4 heteroatoms. The third-order valence-electron chi connectivity index (χ3n) is 1.95. The molecule has 0 N–H and O–H groups in total. The smallest absolute Gasteiger partial charge is 0.229 e. The number of hydrogen-bond acceptors (Lipinski definition) is 1. The molecule has 0 radical (unpaired) electrons. The van der Waals surface area contributed by atoms with E-state index in [1.165, 1.54) is 6.07 Å². The number of hydrogen-bond donors (Lipinski definition) is 0. The molecular formula is C10H9Cl2FO. The lowest BCUT2D eigenvalue weighted by Gasteiger charge is -2.11. The third kappa shape index (κ3) is 2.69. The summed E-state index contributed by atoms with van der Waals surface area (Å²) in [7, 11) is 0. The Labute approximate surface area is 91.8 Å². The van der Waals surface area contributed by atoms with Gasteiger partial charge in [-0.05, 0) is 29.7 Å². The molecule has 0 amide bonds. The number of carbonyl (C=O) groups excluding carboxylic acids is 1. The van der Waals surface area contributed by atoms with E-state index in [-0.39, 0.29) is 5.88 Å². The highest BCUT2D eigenvalue weighted by atomic mass is 35.5. The van der Waals surface area contributed by atoms with Crippen LogP contribution in [0.5, 0.6) is 0 Å². The van der Waals surface area contributed by atoms with Crippen LogP contribution < -0.4 is 0 Å². The summed E-state index contributed by atoms with van der Waals surface area (Å²) in [4.78, 5) is 11.0. The molecule has 1 unspecified atom stereocenters. The van der Waals surface area contributed by atoms with Crippen molar-refractivity contribution >= 4 is 28.4 Å². The van der Waals surface area contributed by atoms with Crippen molar-refractivity contribution in [3.8, 4) is 0 Å². The third-order valence-corrected chi connectivity index (χ3v) is 2.43. The summed E-state index contributed by atoms with van der Waals surface area (Å²) in [6.45, 7) is 0. The summed E-state index contributed by atoms with van der Waals surface area (Å²) in [6, 6.07) is 6.08. The van der Waals surface area contributed by atoms with E-state index in [1.807, 2.05) is 0 Å². The molecule has 76 valence electrons. The van der Waals surface area contributed by atoms with Crippen molar-refractivity contribution in [1.29, 1.82) is 0 Å². The summed E-state index contributed by atoms with van der Waals surface area (Å²) in [5, 5.41) is -0.573. The normalized spacial score (nSPS) is 12.5. The maximum atomic E-state index is 13.3. The minimum Gasteiger partial charge on any atom is -0.281 e. The molecule has 1 nitrogen and oxygen atoms in total. The molecule has 0 saturated heterocycles. The predicted molar refractivity (Wildman–Crippen MR) is 55.3 cm³/mol. The Morgan fingerprint density at radius 1 is 1.43 bits per heavy atom. The number of rotatable bonds is 4. The lowest BCUT2D eigenvalue weighted by Crippen LogP contribution is -2.09. The van der Waals surface area contributed by atoms with Crippen LogP contribution in [-0.2, 0) is 4.79 Å². The molecule has 0 saturated carbocycles. The Kier molecular flexibility index (Phi) is 4.36. The van der Waals surface area contributed by atoms with E-state index in [9.17, 15) is 9.18 Å². The van der Waals surface area contributed by atoms with Gasteiger partial charge in [0.05, 0.1) is 5.92 Å². The van der Waals surface area contributed by atoms with Crippen molar-refractivity contribution in [1.82, 2.24) is 0 Å². The van der Waals surface area contributed by atoms with Gasteiger partial charge in [0.25, 0.3) is 0 Å². The standard InChI is InChI=1S/C10H9Cl2FO/c11-6-5-8(10(12)14)7-3-1-2-4-9(7)13/h1-4,8H,5-6H2. The van der Waals surface area contributed by atoms with Crippen LogP contribution in [0.2, 0.25) is 0 Å². The van der Waals surface area contributed by atoms with Crippen LogP contribution in [0.25, 0.3) is 0 Å². The van der Waals surface area contributed by atoms with Gasteiger partial charge in [0.15, 0.2) is 0 Å². The number of halogens is 3. The Hall–Kier alpha value is -0.600. The maximum absolute atomic E-state index is 13.3. The minimum absolute atomic E-state index is 0.275. The Morgan fingerprint density at radius 2 is 2.07 bits per heavy atom. The molecule has 14 heavy (non-hydrogen) atoms. The first-order valence-electron chi connectivity index (χ1n) is 4.16. The fourth-order valence-corrected chi connectivity index (χ4v) is 1.70. The van der Waals surface area contributed by atoms with Crippen molar-refractivity contribution in [3.63, 3.8) is 0 Å². The van der Waals surface area contributed by atoms with E-state index < -0.39 is 17.0 Å². The zero-order valence-corrected chi connectivity index (χ0v) is 8.85. The second-order valence-electron chi connectivity index (χ2n) is 2.86. The van der Waals surface area contributed by atoms with Crippen LogP contribution in [0.3, 0.4) is 0 Å². The monoisotopic (exact) mass is 234 g/mol. The average Bonchev–Trinajstić information content (AvgIpc) is 2.15. The Morgan fingerprint density at radius 3 is 2.57 bits per heavy atom. The molecule has 1 rings (SSSR count). The Bertz CT molecular complexity index is 328. The minimum atomic E-state index is -0.643. The maximum Gasteiger partial charge on any atom is 0.229 e. The SMILES string of the molecule is O=C(Cl)C(CCCl)c1ccccc1F. The Balaban J connectivity index is 2.99. The molecule has 0 heterocycles. The zero-order valence-electron chi connectivity index (χ0n) is 7.34. The van der Waals surface area contributed by atoms with Gasteiger partial charge in [-0.1, -0.05) is 18.2 Å². The first kappa shape index (κ1) is 11.5. The largest absolute Gasteiger partial charge is 0.281 e. The van der Waals surface area contributed by atoms with Gasteiger partial charge in [0.2, 0.25) is 5.24 Å². The lowest BCUT2D eigenvalue weighted by molar-refractivity contribution is -0.113. The summed E-state index contributed by atoms with van der Waals surface area (Å²) < 4.78 is 13.3. The molecule has 0 aromatic heterocycles. The van der Waals surface area contributed by atoms with E-state index in [0.717, 1.165) is 0 Å². The second-order valence-corrected chi connectivity index (χ2v) is 3.61. The number of alkyl halides is 1. The fraction of sp³-hybridized carbons (Fsp3) is 0.300. The van der Waals surface area contributed by atoms with Gasteiger partial charge in [-0.2, -0.15) is 0 Å². The summed E-state index contributed by atoms with van der Waals surface area (Å²) in [5.41, 5.74) is 0.313. The highest BCUT2D eigenvalue weighted by molar-refractivity contribution is 6.64. The van der Waals surface area contributed by atoms with Gasteiger partial charge in [0.1, 0.15) is 5.82 Å². The van der Waals surface area contributed by atoms with Crippen molar-refractivity contribution in [3.05, 3.63) is 35.6 Å². The van der Waals surface area contributed by atoms with Crippen LogP contribution in [-0.4, -0.2) is 11.1 Å². The summed E-state index contributed by atoms with van der Waals surface area (Å²) in [6.07, 6.45) is 0.352. The first-order valence-corrected chi connectivity index (χ1v) is 5.07. The second kappa shape index (κ2) is 5.32. The highest BCUT2D eigenvalue weighted by Gasteiger charge is 2.20. The quantitative estimate of drug-likeness (QED) is 0.578.